The zero-order valence-electron chi connectivity index (χ0n) is 12.8. The second-order valence-electron chi connectivity index (χ2n) is 6.13. The van der Waals surface area contributed by atoms with Crippen LogP contribution < -0.4 is 10.2 Å². The van der Waals surface area contributed by atoms with E-state index in [-0.39, 0.29) is 5.91 Å². The summed E-state index contributed by atoms with van der Waals surface area (Å²) < 4.78 is 0. The summed E-state index contributed by atoms with van der Waals surface area (Å²) in [6.07, 6.45) is 3.63. The fourth-order valence-corrected chi connectivity index (χ4v) is 3.03. The molecule has 3 nitrogen and oxygen atoms in total. The van der Waals surface area contributed by atoms with Gasteiger partial charge in [-0.2, -0.15) is 0 Å². The third-order valence-corrected chi connectivity index (χ3v) is 4.63. The van der Waals surface area contributed by atoms with E-state index in [4.69, 9.17) is 0 Å². The number of benzene rings is 1. The average molecular weight is 274 g/mol. The molecule has 0 heterocycles. The smallest absolute Gasteiger partial charge is 0.239 e. The van der Waals surface area contributed by atoms with Crippen LogP contribution in [-0.4, -0.2) is 25.5 Å². The molecular weight excluding hydrogens is 248 g/mol. The highest BCUT2D eigenvalue weighted by atomic mass is 16.2. The standard InChI is InChI=1S/C17H26N2O/c1-13-8-7-11-16(14(13)2)18-17(20)12-19(3)15-9-5-4-6-10-15/h4-6,9-10,13-14,16H,7-8,11-12H2,1-3H3,(H,18,20)/t13-,14-,16-/m1/s1. The molecule has 0 saturated heterocycles. The Morgan fingerprint density at radius 2 is 1.95 bits per heavy atom. The van der Waals surface area contributed by atoms with Crippen molar-refractivity contribution >= 4 is 11.6 Å². The third-order valence-electron chi connectivity index (χ3n) is 4.63. The van der Waals surface area contributed by atoms with E-state index >= 15 is 0 Å². The Bertz CT molecular complexity index is 432. The van der Waals surface area contributed by atoms with Crippen LogP contribution in [0.15, 0.2) is 30.3 Å². The quantitative estimate of drug-likeness (QED) is 0.915. The third kappa shape index (κ3) is 3.75. The van der Waals surface area contributed by atoms with Gasteiger partial charge in [-0.25, -0.2) is 0 Å². The summed E-state index contributed by atoms with van der Waals surface area (Å²) >= 11 is 0. The van der Waals surface area contributed by atoms with Crippen molar-refractivity contribution in [1.29, 1.82) is 0 Å². The molecule has 1 saturated carbocycles. The highest BCUT2D eigenvalue weighted by Crippen LogP contribution is 2.29. The molecule has 1 aliphatic rings. The van der Waals surface area contributed by atoms with Crippen molar-refractivity contribution in [3.63, 3.8) is 0 Å². The average Bonchev–Trinajstić information content (AvgIpc) is 2.45. The van der Waals surface area contributed by atoms with E-state index in [1.54, 1.807) is 0 Å². The summed E-state index contributed by atoms with van der Waals surface area (Å²) in [5, 5.41) is 3.22. The van der Waals surface area contributed by atoms with Gasteiger partial charge in [0.25, 0.3) is 0 Å². The van der Waals surface area contributed by atoms with Gasteiger partial charge in [0.15, 0.2) is 0 Å². The van der Waals surface area contributed by atoms with Crippen molar-refractivity contribution in [3.05, 3.63) is 30.3 Å². The minimum absolute atomic E-state index is 0.127. The summed E-state index contributed by atoms with van der Waals surface area (Å²) in [6, 6.07) is 10.4. The molecule has 0 aromatic heterocycles. The molecule has 0 radical (unpaired) electrons. The van der Waals surface area contributed by atoms with Crippen LogP contribution in [0, 0.1) is 11.8 Å². The van der Waals surface area contributed by atoms with Crippen molar-refractivity contribution in [1.82, 2.24) is 5.32 Å². The second-order valence-corrected chi connectivity index (χ2v) is 6.13. The molecule has 3 atom stereocenters. The fourth-order valence-electron chi connectivity index (χ4n) is 3.03. The van der Waals surface area contributed by atoms with Crippen LogP contribution in [0.2, 0.25) is 0 Å². The van der Waals surface area contributed by atoms with E-state index in [1.165, 1.54) is 12.8 Å². The van der Waals surface area contributed by atoms with Gasteiger partial charge in [-0.05, 0) is 30.4 Å². The fraction of sp³-hybridized carbons (Fsp3) is 0.588. The molecule has 3 heteroatoms. The zero-order chi connectivity index (χ0) is 14.5. The first kappa shape index (κ1) is 14.9. The Morgan fingerprint density at radius 1 is 1.25 bits per heavy atom. The van der Waals surface area contributed by atoms with E-state index in [0.717, 1.165) is 12.1 Å². The number of carbonyl (C=O) groups is 1. The number of amides is 1. The van der Waals surface area contributed by atoms with Gasteiger partial charge in [0.2, 0.25) is 5.91 Å². The maximum Gasteiger partial charge on any atom is 0.239 e. The number of hydrogen-bond donors (Lipinski definition) is 1. The topological polar surface area (TPSA) is 32.3 Å². The van der Waals surface area contributed by atoms with Crippen LogP contribution in [0.4, 0.5) is 5.69 Å². The van der Waals surface area contributed by atoms with Crippen molar-refractivity contribution in [2.45, 2.75) is 39.2 Å². The van der Waals surface area contributed by atoms with Gasteiger partial charge in [0.05, 0.1) is 6.54 Å². The van der Waals surface area contributed by atoms with Gasteiger partial charge in [-0.1, -0.05) is 44.9 Å². The van der Waals surface area contributed by atoms with Crippen molar-refractivity contribution in [3.8, 4) is 0 Å². The number of likely N-dealkylation sites (N-methyl/N-ethyl adjacent to an activating group) is 1. The first-order valence-corrected chi connectivity index (χ1v) is 7.63. The molecule has 1 aromatic carbocycles. The predicted octanol–water partition coefficient (Wildman–Crippen LogP) is 3.06. The zero-order valence-corrected chi connectivity index (χ0v) is 12.8. The molecule has 0 unspecified atom stereocenters. The van der Waals surface area contributed by atoms with Crippen LogP contribution in [0.5, 0.6) is 0 Å². The van der Waals surface area contributed by atoms with E-state index in [2.05, 4.69) is 19.2 Å². The molecule has 110 valence electrons. The molecular formula is C17H26N2O. The van der Waals surface area contributed by atoms with Gasteiger partial charge in [0, 0.05) is 18.8 Å². The minimum Gasteiger partial charge on any atom is -0.365 e. The van der Waals surface area contributed by atoms with Crippen molar-refractivity contribution in [2.24, 2.45) is 11.8 Å². The molecule has 20 heavy (non-hydrogen) atoms. The largest absolute Gasteiger partial charge is 0.365 e. The Kier molecular flexibility index (Phi) is 5.05. The molecule has 0 spiro atoms. The summed E-state index contributed by atoms with van der Waals surface area (Å²) in [4.78, 5) is 14.2. The highest BCUT2D eigenvalue weighted by Gasteiger charge is 2.28. The maximum absolute atomic E-state index is 12.2. The Morgan fingerprint density at radius 3 is 2.65 bits per heavy atom. The van der Waals surface area contributed by atoms with Crippen LogP contribution in [0.25, 0.3) is 0 Å². The molecule has 0 aliphatic heterocycles. The lowest BCUT2D eigenvalue weighted by molar-refractivity contribution is -0.121. The normalized spacial score (nSPS) is 26.1. The maximum atomic E-state index is 12.2. The second kappa shape index (κ2) is 6.78. The molecule has 1 amide bonds. The van der Waals surface area contributed by atoms with E-state index in [1.807, 2.05) is 42.3 Å². The van der Waals surface area contributed by atoms with Gasteiger partial charge in [-0.15, -0.1) is 0 Å². The number of hydrogen-bond acceptors (Lipinski definition) is 2. The summed E-state index contributed by atoms with van der Waals surface area (Å²) in [5.74, 6) is 1.41. The van der Waals surface area contributed by atoms with Crippen LogP contribution in [-0.2, 0) is 4.79 Å². The number of anilines is 1. The van der Waals surface area contributed by atoms with Gasteiger partial charge >= 0.3 is 0 Å². The summed E-state index contributed by atoms with van der Waals surface area (Å²) in [7, 11) is 1.96. The van der Waals surface area contributed by atoms with Gasteiger partial charge in [-0.3, -0.25) is 4.79 Å². The lowest BCUT2D eigenvalue weighted by Crippen LogP contribution is -2.46. The summed E-state index contributed by atoms with van der Waals surface area (Å²) in [5.41, 5.74) is 1.08. The van der Waals surface area contributed by atoms with E-state index in [9.17, 15) is 4.79 Å². The Hall–Kier alpha value is -1.51. The van der Waals surface area contributed by atoms with E-state index in [0.29, 0.717) is 24.4 Å². The molecule has 1 aromatic rings. The van der Waals surface area contributed by atoms with Gasteiger partial charge < -0.3 is 10.2 Å². The number of para-hydroxylation sites is 1. The van der Waals surface area contributed by atoms with Crippen LogP contribution in [0.1, 0.15) is 33.1 Å². The Balaban J connectivity index is 1.86. The van der Waals surface area contributed by atoms with Crippen molar-refractivity contribution in [2.75, 3.05) is 18.5 Å². The monoisotopic (exact) mass is 274 g/mol. The lowest BCUT2D eigenvalue weighted by Gasteiger charge is -2.35. The number of nitrogens with zero attached hydrogens (tertiary/aromatic N) is 1. The van der Waals surface area contributed by atoms with Crippen LogP contribution >= 0.6 is 0 Å². The number of nitrogens with one attached hydrogen (secondary N) is 1. The molecule has 1 aliphatic carbocycles. The van der Waals surface area contributed by atoms with Crippen LogP contribution in [0.3, 0.4) is 0 Å². The number of rotatable bonds is 4. The van der Waals surface area contributed by atoms with Gasteiger partial charge in [0.1, 0.15) is 0 Å². The number of carbonyl (C=O) groups excluding carboxylic acids is 1. The van der Waals surface area contributed by atoms with Crippen molar-refractivity contribution < 1.29 is 4.79 Å². The molecule has 2 rings (SSSR count). The molecule has 1 N–H and O–H groups in total. The first-order valence-electron chi connectivity index (χ1n) is 7.63. The predicted molar refractivity (Wildman–Crippen MR) is 83.8 cm³/mol. The SMILES string of the molecule is C[C@@H]1[C@H](C)CCC[C@H]1NC(=O)CN(C)c1ccccc1. The first-order chi connectivity index (χ1) is 9.58. The molecule has 0 bridgehead atoms. The lowest BCUT2D eigenvalue weighted by atomic mass is 9.78. The summed E-state index contributed by atoms with van der Waals surface area (Å²) in [6.45, 7) is 4.97. The minimum atomic E-state index is 0.127. The van der Waals surface area contributed by atoms with E-state index < -0.39 is 0 Å². The Labute approximate surface area is 122 Å². The molecule has 1 fully saturated rings. The highest BCUT2D eigenvalue weighted by molar-refractivity contribution is 5.81.